The molecule has 7 nitrogen and oxygen atoms in total. The molecule has 3 heterocycles. The summed E-state index contributed by atoms with van der Waals surface area (Å²) < 4.78 is 13.0. The van der Waals surface area contributed by atoms with Crippen LogP contribution >= 0.6 is 0 Å². The van der Waals surface area contributed by atoms with Gasteiger partial charge in [0.05, 0.1) is 11.9 Å². The van der Waals surface area contributed by atoms with E-state index in [-0.39, 0.29) is 12.8 Å². The lowest BCUT2D eigenvalue weighted by atomic mass is 10.1. The Kier molecular flexibility index (Phi) is 4.05. The lowest BCUT2D eigenvalue weighted by molar-refractivity contribution is 0.174. The van der Waals surface area contributed by atoms with Gasteiger partial charge in [0.15, 0.2) is 11.5 Å². The van der Waals surface area contributed by atoms with Crippen LogP contribution in [0.5, 0.6) is 11.5 Å². The molecule has 1 aliphatic rings. The van der Waals surface area contributed by atoms with Gasteiger partial charge in [0, 0.05) is 29.9 Å². The second-order valence-electron chi connectivity index (χ2n) is 6.81. The minimum absolute atomic E-state index is 0.129. The Labute approximate surface area is 162 Å². The number of nitrogens with one attached hydrogen (secondary N) is 1. The summed E-state index contributed by atoms with van der Waals surface area (Å²) in [5.41, 5.74) is 2.85. The minimum Gasteiger partial charge on any atom is -0.454 e. The Bertz CT molecular complexity index is 1140. The number of para-hydroxylation sites is 1. The van der Waals surface area contributed by atoms with Crippen molar-refractivity contribution in [2.24, 2.45) is 0 Å². The smallest absolute Gasteiger partial charge is 0.243 e. The van der Waals surface area contributed by atoms with Crippen molar-refractivity contribution in [3.05, 3.63) is 60.9 Å². The normalized spacial score (nSPS) is 13.6. The van der Waals surface area contributed by atoms with Crippen molar-refractivity contribution in [2.75, 3.05) is 12.1 Å². The summed E-state index contributed by atoms with van der Waals surface area (Å²) in [6, 6.07) is 16.3. The average Bonchev–Trinajstić information content (AvgIpc) is 3.35. The second kappa shape index (κ2) is 6.84. The third-order valence-electron chi connectivity index (χ3n) is 4.75. The lowest BCUT2D eigenvalue weighted by Crippen LogP contribution is -2.23. The number of anilines is 1. The van der Waals surface area contributed by atoms with Crippen LogP contribution in [0, 0.1) is 0 Å². The molecule has 2 aromatic heterocycles. The quantitative estimate of drug-likeness (QED) is 0.575. The van der Waals surface area contributed by atoms with E-state index in [0.29, 0.717) is 5.95 Å². The van der Waals surface area contributed by atoms with Gasteiger partial charge in [0.25, 0.3) is 0 Å². The van der Waals surface area contributed by atoms with Crippen molar-refractivity contribution in [2.45, 2.75) is 19.5 Å². The van der Waals surface area contributed by atoms with Gasteiger partial charge in [-0.2, -0.15) is 5.10 Å². The van der Waals surface area contributed by atoms with Gasteiger partial charge in [0.1, 0.15) is 0 Å². The molecule has 28 heavy (non-hydrogen) atoms. The molecule has 0 aliphatic carbocycles. The van der Waals surface area contributed by atoms with E-state index in [1.54, 1.807) is 6.20 Å². The van der Waals surface area contributed by atoms with Gasteiger partial charge in [-0.3, -0.25) is 0 Å². The predicted molar refractivity (Wildman–Crippen MR) is 106 cm³/mol. The summed E-state index contributed by atoms with van der Waals surface area (Å²) in [5, 5.41) is 12.8. The Hall–Kier alpha value is -3.61. The summed E-state index contributed by atoms with van der Waals surface area (Å²) in [6.07, 6.45) is 3.75. The molecule has 0 amide bonds. The van der Waals surface area contributed by atoms with Gasteiger partial charge in [-0.25, -0.2) is 4.98 Å². The van der Waals surface area contributed by atoms with Gasteiger partial charge in [0.2, 0.25) is 12.7 Å². The van der Waals surface area contributed by atoms with Crippen molar-refractivity contribution in [3.63, 3.8) is 0 Å². The first-order chi connectivity index (χ1) is 13.8. The molecule has 1 aliphatic heterocycles. The molecule has 1 atom stereocenters. The molecule has 4 aromatic rings. The van der Waals surface area contributed by atoms with Crippen molar-refractivity contribution in [1.29, 1.82) is 0 Å². The minimum atomic E-state index is 0.129. The number of hydrogen-bond donors (Lipinski definition) is 1. The van der Waals surface area contributed by atoms with E-state index in [4.69, 9.17) is 9.47 Å². The van der Waals surface area contributed by atoms with Crippen molar-refractivity contribution < 1.29 is 9.47 Å². The molecule has 1 unspecified atom stereocenters. The van der Waals surface area contributed by atoms with Crippen LogP contribution in [0.3, 0.4) is 0 Å². The van der Waals surface area contributed by atoms with E-state index in [2.05, 4.69) is 68.5 Å². The average molecular weight is 373 g/mol. The number of benzene rings is 2. The standard InChI is InChI=1S/C21H19N5O2/c1-14(12-26-9-8-15-4-2-3-5-18(15)26)23-21-24-17(11-22-25-21)16-6-7-19-20(10-16)28-13-27-19/h2-11,14H,12-13H2,1H3,(H,23,24,25). The Morgan fingerprint density at radius 1 is 1.11 bits per heavy atom. The highest BCUT2D eigenvalue weighted by molar-refractivity contribution is 5.79. The Morgan fingerprint density at radius 3 is 2.96 bits per heavy atom. The first kappa shape index (κ1) is 16.6. The molecule has 0 bridgehead atoms. The van der Waals surface area contributed by atoms with E-state index in [9.17, 15) is 0 Å². The van der Waals surface area contributed by atoms with E-state index in [1.807, 2.05) is 18.2 Å². The first-order valence-corrected chi connectivity index (χ1v) is 9.16. The maximum Gasteiger partial charge on any atom is 0.243 e. The van der Waals surface area contributed by atoms with Gasteiger partial charge in [-0.1, -0.05) is 18.2 Å². The van der Waals surface area contributed by atoms with E-state index >= 15 is 0 Å². The molecule has 7 heteroatoms. The zero-order valence-electron chi connectivity index (χ0n) is 15.4. The van der Waals surface area contributed by atoms with Crippen molar-refractivity contribution >= 4 is 16.9 Å². The molecular weight excluding hydrogens is 354 g/mol. The summed E-state index contributed by atoms with van der Waals surface area (Å²) in [5.74, 6) is 1.97. The lowest BCUT2D eigenvalue weighted by Gasteiger charge is -2.15. The number of aromatic nitrogens is 4. The highest BCUT2D eigenvalue weighted by Crippen LogP contribution is 2.35. The van der Waals surface area contributed by atoms with Gasteiger partial charge in [-0.15, -0.1) is 5.10 Å². The molecule has 0 radical (unpaired) electrons. The van der Waals surface area contributed by atoms with E-state index < -0.39 is 0 Å². The third-order valence-corrected chi connectivity index (χ3v) is 4.75. The first-order valence-electron chi connectivity index (χ1n) is 9.16. The summed E-state index contributed by atoms with van der Waals surface area (Å²) in [4.78, 5) is 4.61. The highest BCUT2D eigenvalue weighted by Gasteiger charge is 2.15. The fraction of sp³-hybridized carbons (Fsp3) is 0.190. The van der Waals surface area contributed by atoms with Crippen LogP contribution in [-0.2, 0) is 6.54 Å². The van der Waals surface area contributed by atoms with Crippen LogP contribution < -0.4 is 14.8 Å². The van der Waals surface area contributed by atoms with Crippen molar-refractivity contribution in [1.82, 2.24) is 19.7 Å². The number of rotatable bonds is 5. The largest absolute Gasteiger partial charge is 0.454 e. The van der Waals surface area contributed by atoms with Crippen LogP contribution in [-0.4, -0.2) is 32.6 Å². The van der Waals surface area contributed by atoms with Crippen LogP contribution in [0.4, 0.5) is 5.95 Å². The molecule has 140 valence electrons. The van der Waals surface area contributed by atoms with Gasteiger partial charge >= 0.3 is 0 Å². The van der Waals surface area contributed by atoms with Crippen LogP contribution in [0.2, 0.25) is 0 Å². The topological polar surface area (TPSA) is 74.1 Å². The fourth-order valence-corrected chi connectivity index (χ4v) is 3.42. The number of nitrogens with zero attached hydrogens (tertiary/aromatic N) is 4. The molecule has 5 rings (SSSR count). The van der Waals surface area contributed by atoms with Crippen molar-refractivity contribution in [3.8, 4) is 22.8 Å². The summed E-state index contributed by atoms with van der Waals surface area (Å²) in [6.45, 7) is 3.15. The molecular formula is C21H19N5O2. The Balaban J connectivity index is 1.33. The maximum absolute atomic E-state index is 5.44. The zero-order valence-corrected chi connectivity index (χ0v) is 15.4. The monoisotopic (exact) mass is 373 g/mol. The summed E-state index contributed by atoms with van der Waals surface area (Å²) in [7, 11) is 0. The molecule has 0 saturated carbocycles. The fourth-order valence-electron chi connectivity index (χ4n) is 3.42. The molecule has 1 N–H and O–H groups in total. The molecule has 0 fully saturated rings. The number of hydrogen-bond acceptors (Lipinski definition) is 6. The van der Waals surface area contributed by atoms with Crippen LogP contribution in [0.1, 0.15) is 6.92 Å². The zero-order chi connectivity index (χ0) is 18.9. The predicted octanol–water partition coefficient (Wildman–Crippen LogP) is 3.72. The number of ether oxygens (including phenoxy) is 2. The molecule has 0 spiro atoms. The Morgan fingerprint density at radius 2 is 2.00 bits per heavy atom. The van der Waals surface area contributed by atoms with E-state index in [0.717, 1.165) is 29.3 Å². The van der Waals surface area contributed by atoms with Gasteiger partial charge in [-0.05, 0) is 42.6 Å². The molecule has 0 saturated heterocycles. The molecule has 2 aromatic carbocycles. The SMILES string of the molecule is CC(Cn1ccc2ccccc21)Nc1nncc(-c2ccc3c(c2)OCO3)n1. The van der Waals surface area contributed by atoms with E-state index in [1.165, 1.54) is 10.9 Å². The highest BCUT2D eigenvalue weighted by atomic mass is 16.7. The maximum atomic E-state index is 5.44. The second-order valence-corrected chi connectivity index (χ2v) is 6.81. The van der Waals surface area contributed by atoms with Gasteiger partial charge < -0.3 is 19.4 Å². The third kappa shape index (κ3) is 3.11. The summed E-state index contributed by atoms with van der Waals surface area (Å²) >= 11 is 0. The number of fused-ring (bicyclic) bond motifs is 2. The van der Waals surface area contributed by atoms with Crippen LogP contribution in [0.25, 0.3) is 22.2 Å². The van der Waals surface area contributed by atoms with Crippen LogP contribution in [0.15, 0.2) is 60.9 Å².